The first-order valence-corrected chi connectivity index (χ1v) is 32.8. The molecule has 0 aliphatic carbocycles. The van der Waals surface area contributed by atoms with Crippen molar-refractivity contribution in [1.29, 1.82) is 0 Å². The minimum Gasteiger partial charge on any atom is -0.379 e. The Morgan fingerprint density at radius 3 is 1.91 bits per heavy atom. The lowest BCUT2D eigenvalue weighted by Crippen LogP contribution is -2.55. The van der Waals surface area contributed by atoms with Crippen LogP contribution in [0.2, 0.25) is 0 Å². The largest absolute Gasteiger partial charge is 0.379 e. The Kier molecular flexibility index (Phi) is 34.8. The number of amides is 8. The molecule has 2 heterocycles. The molecule has 90 heavy (non-hydrogen) atoms. The third-order valence-electron chi connectivity index (χ3n) is 15.5. The average Bonchev–Trinajstić information content (AvgIpc) is 1.33. The molecule has 1 aromatic heterocycles. The van der Waals surface area contributed by atoms with E-state index >= 15 is 0 Å². The van der Waals surface area contributed by atoms with Crippen LogP contribution in [0.15, 0.2) is 42.5 Å². The molecular weight excluding hydrogens is 1300 g/mol. The van der Waals surface area contributed by atoms with Crippen LogP contribution in [0.3, 0.4) is 0 Å². The van der Waals surface area contributed by atoms with E-state index < -0.39 is 66.6 Å². The topological polar surface area (TPSA) is 309 Å². The standard InChI is InChI=1S/C62H95Br2N11O15/c1-12-40(4)57(74(9)55(79)37-67-62(83)56(39(2)3)73(7)8)51(84-10)33-54(78)75-23-13-14-50(75)58(85-11)41(5)59(80)66-36-53(77)72-90-38-43-15-18-45(19-16-43)69-60(81)42(6)68-52(76)21-24-86-26-28-88-30-31-89-29-27-87-25-22-65-61(82)44-17-20-46-47(32-44)71-49(35-64)48(34-63)70-46/h15-20,32,39-42,50-51,56-58H,12-14,21-31,33-38H2,1-11H3,(H,65,82)(H,66,80)(H,67,83)(H,68,76)(H,69,81)(H,72,77)/t40-,41+,42+,50-,51+,56?,57-,58+/m0/s1. The van der Waals surface area contributed by atoms with E-state index in [1.807, 2.05) is 46.7 Å². The number of likely N-dealkylation sites (N-methyl/N-ethyl adjacent to an activating group) is 2. The number of hydroxylamine groups is 1. The second kappa shape index (κ2) is 40.9. The molecule has 1 fully saturated rings. The summed E-state index contributed by atoms with van der Waals surface area (Å²) in [5.41, 5.74) is 6.98. The van der Waals surface area contributed by atoms with Crippen LogP contribution in [0.1, 0.15) is 101 Å². The number of hydrogen-bond donors (Lipinski definition) is 6. The molecule has 2 aromatic carbocycles. The van der Waals surface area contributed by atoms with Crippen molar-refractivity contribution in [3.8, 4) is 0 Å². The molecule has 1 unspecified atom stereocenters. The summed E-state index contributed by atoms with van der Waals surface area (Å²) < 4.78 is 33.9. The molecular formula is C62H95Br2N11O15. The molecule has 4 rings (SSSR count). The predicted octanol–water partition coefficient (Wildman–Crippen LogP) is 4.04. The van der Waals surface area contributed by atoms with E-state index in [2.05, 4.69) is 73.9 Å². The van der Waals surface area contributed by atoms with Crippen molar-refractivity contribution in [3.63, 3.8) is 0 Å². The second-order valence-corrected chi connectivity index (χ2v) is 23.7. The molecule has 28 heteroatoms. The number of carbonyl (C=O) groups excluding carboxylic acids is 8. The minimum absolute atomic E-state index is 0.0224. The lowest BCUT2D eigenvalue weighted by Gasteiger charge is -2.39. The first-order valence-electron chi connectivity index (χ1n) is 30.5. The zero-order chi connectivity index (χ0) is 66.3. The van der Waals surface area contributed by atoms with Crippen molar-refractivity contribution < 1.29 is 71.6 Å². The summed E-state index contributed by atoms with van der Waals surface area (Å²) in [6.07, 6.45) is 0.610. The quantitative estimate of drug-likeness (QED) is 0.0265. The van der Waals surface area contributed by atoms with Crippen molar-refractivity contribution >= 4 is 95.8 Å². The molecule has 3 aromatic rings. The number of likely N-dealkylation sites (tertiary alicyclic amines) is 1. The van der Waals surface area contributed by atoms with Crippen LogP contribution in [0.4, 0.5) is 5.69 Å². The molecule has 8 atom stereocenters. The Morgan fingerprint density at radius 2 is 1.32 bits per heavy atom. The zero-order valence-electron chi connectivity index (χ0n) is 54.0. The molecule has 6 N–H and O–H groups in total. The number of nitrogens with zero attached hydrogens (tertiary/aromatic N) is 5. The van der Waals surface area contributed by atoms with Crippen molar-refractivity contribution in [1.82, 2.24) is 51.4 Å². The highest BCUT2D eigenvalue weighted by atomic mass is 79.9. The maximum absolute atomic E-state index is 14.1. The van der Waals surface area contributed by atoms with Gasteiger partial charge in [0.15, 0.2) is 0 Å². The SMILES string of the molecule is CC[C@H](C)[C@@H]([C@@H](CC(=O)N1CCC[C@H]1[C@H](OC)[C@@H](C)C(=O)NCC(=O)NOCc1ccc(NC(=O)[C@@H](C)NC(=O)CCOCCOCCOCCOCCNC(=O)c2ccc3nc(CBr)c(CBr)nc3c2)cc1)OC)N(C)C(=O)CNC(=O)C(C(C)C)N(C)C. The van der Waals surface area contributed by atoms with Gasteiger partial charge in [0.1, 0.15) is 6.04 Å². The van der Waals surface area contributed by atoms with Gasteiger partial charge in [-0.3, -0.25) is 48.1 Å². The van der Waals surface area contributed by atoms with Gasteiger partial charge in [0.05, 0.1) is 138 Å². The summed E-state index contributed by atoms with van der Waals surface area (Å²) in [6.45, 7) is 13.7. The number of hydrogen-bond acceptors (Lipinski definition) is 18. The molecule has 502 valence electrons. The van der Waals surface area contributed by atoms with Crippen LogP contribution in [0.5, 0.6) is 0 Å². The maximum atomic E-state index is 14.1. The Morgan fingerprint density at radius 1 is 0.711 bits per heavy atom. The highest BCUT2D eigenvalue weighted by Crippen LogP contribution is 2.30. The van der Waals surface area contributed by atoms with Crippen molar-refractivity contribution in [2.75, 3.05) is 120 Å². The minimum atomic E-state index is -0.838. The zero-order valence-corrected chi connectivity index (χ0v) is 57.2. The number of ether oxygens (including phenoxy) is 6. The fourth-order valence-corrected chi connectivity index (χ4v) is 11.4. The molecule has 0 bridgehead atoms. The summed E-state index contributed by atoms with van der Waals surface area (Å²) in [7, 11) is 8.30. The lowest BCUT2D eigenvalue weighted by molar-refractivity contribution is -0.146. The molecule has 1 aliphatic heterocycles. The molecule has 1 saturated heterocycles. The summed E-state index contributed by atoms with van der Waals surface area (Å²) in [5.74, 6) is -3.63. The van der Waals surface area contributed by atoms with Gasteiger partial charge in [-0.15, -0.1) is 0 Å². The molecule has 0 saturated carbocycles. The van der Waals surface area contributed by atoms with Gasteiger partial charge < -0.3 is 64.8 Å². The maximum Gasteiger partial charge on any atom is 0.262 e. The van der Waals surface area contributed by atoms with Gasteiger partial charge in [-0.25, -0.2) is 15.4 Å². The second-order valence-electron chi connectivity index (χ2n) is 22.6. The first-order chi connectivity index (χ1) is 43.1. The number of rotatable bonds is 42. The van der Waals surface area contributed by atoms with Crippen molar-refractivity contribution in [3.05, 3.63) is 65.0 Å². The third-order valence-corrected chi connectivity index (χ3v) is 16.5. The molecule has 0 spiro atoms. The number of fused-ring (bicyclic) bond motifs is 1. The van der Waals surface area contributed by atoms with Gasteiger partial charge in [0.25, 0.3) is 11.8 Å². The van der Waals surface area contributed by atoms with Gasteiger partial charge in [-0.2, -0.15) is 0 Å². The lowest BCUT2D eigenvalue weighted by atomic mass is 9.90. The molecule has 26 nitrogen and oxygen atoms in total. The van der Waals surface area contributed by atoms with Crippen LogP contribution in [-0.2, 0) is 84.1 Å². The number of benzene rings is 2. The van der Waals surface area contributed by atoms with E-state index in [9.17, 15) is 38.4 Å². The van der Waals surface area contributed by atoms with Crippen LogP contribution in [-0.4, -0.2) is 223 Å². The van der Waals surface area contributed by atoms with E-state index in [1.165, 1.54) is 14.2 Å². The van der Waals surface area contributed by atoms with Crippen LogP contribution in [0, 0.1) is 17.8 Å². The van der Waals surface area contributed by atoms with Gasteiger partial charge in [-0.1, -0.05) is 85.0 Å². The van der Waals surface area contributed by atoms with E-state index in [1.54, 1.807) is 73.2 Å². The third kappa shape index (κ3) is 25.0. The Bertz CT molecular complexity index is 2760. The number of halogens is 2. The highest BCUT2D eigenvalue weighted by Gasteiger charge is 2.42. The number of alkyl halides is 2. The van der Waals surface area contributed by atoms with E-state index in [-0.39, 0.29) is 80.6 Å². The Hall–Kier alpha value is -5.82. The van der Waals surface area contributed by atoms with Gasteiger partial charge in [0.2, 0.25) is 35.4 Å². The van der Waals surface area contributed by atoms with Crippen LogP contribution < -0.4 is 32.1 Å². The first kappa shape index (κ1) is 76.6. The van der Waals surface area contributed by atoms with Gasteiger partial charge in [0, 0.05) is 62.7 Å². The van der Waals surface area contributed by atoms with Crippen LogP contribution in [0.25, 0.3) is 11.0 Å². The fourth-order valence-electron chi connectivity index (χ4n) is 10.5. The summed E-state index contributed by atoms with van der Waals surface area (Å²) in [5, 5.41) is 14.8. The summed E-state index contributed by atoms with van der Waals surface area (Å²) in [4.78, 5) is 125. The van der Waals surface area contributed by atoms with Crippen molar-refractivity contribution in [2.24, 2.45) is 17.8 Å². The number of aromatic nitrogens is 2. The smallest absolute Gasteiger partial charge is 0.262 e. The number of nitrogens with one attached hydrogen (secondary N) is 6. The average molecular weight is 1390 g/mol. The van der Waals surface area contributed by atoms with Crippen LogP contribution >= 0.6 is 31.9 Å². The molecule has 0 radical (unpaired) electrons. The number of carbonyl (C=O) groups is 8. The van der Waals surface area contributed by atoms with Crippen molar-refractivity contribution in [2.45, 2.75) is 127 Å². The predicted molar refractivity (Wildman–Crippen MR) is 345 cm³/mol. The van der Waals surface area contributed by atoms with Gasteiger partial charge >= 0.3 is 0 Å². The Balaban J connectivity index is 1.05. The summed E-state index contributed by atoms with van der Waals surface area (Å²) in [6, 6.07) is 9.74. The molecule has 8 amide bonds. The Labute approximate surface area is 545 Å². The van der Waals surface area contributed by atoms with E-state index in [0.717, 1.165) is 16.9 Å². The normalized spacial score (nSPS) is 15.5. The summed E-state index contributed by atoms with van der Waals surface area (Å²) >= 11 is 6.87. The monoisotopic (exact) mass is 1390 g/mol. The number of methoxy groups -OCH3 is 2. The number of anilines is 1. The molecule has 1 aliphatic rings. The van der Waals surface area contributed by atoms with Gasteiger partial charge in [-0.05, 0) is 81.6 Å². The fraction of sp³-hybridized carbons (Fsp3) is 0.645. The van der Waals surface area contributed by atoms with E-state index in [4.69, 9.17) is 33.3 Å². The van der Waals surface area contributed by atoms with E-state index in [0.29, 0.717) is 105 Å². The highest BCUT2D eigenvalue weighted by molar-refractivity contribution is 9.09.